The molecule has 0 fully saturated rings. The van der Waals surface area contributed by atoms with Crippen molar-refractivity contribution in [2.45, 2.75) is 19.8 Å². The molecular formula is C20H17F2NO2S. The molecule has 1 heterocycles. The molecule has 134 valence electrons. The van der Waals surface area contributed by atoms with E-state index in [0.29, 0.717) is 21.1 Å². The third-order valence-electron chi connectivity index (χ3n) is 3.77. The lowest BCUT2D eigenvalue weighted by molar-refractivity contribution is 0.0175. The van der Waals surface area contributed by atoms with Gasteiger partial charge in [-0.2, -0.15) is 0 Å². The smallest absolute Gasteiger partial charge is 0.350 e. The Morgan fingerprint density at radius 2 is 1.73 bits per heavy atom. The molecule has 0 atom stereocenters. The predicted molar refractivity (Wildman–Crippen MR) is 98.5 cm³/mol. The maximum atomic E-state index is 13.4. The van der Waals surface area contributed by atoms with Crippen molar-refractivity contribution in [3.8, 4) is 21.8 Å². The molecule has 0 aliphatic heterocycles. The second-order valence-electron chi connectivity index (χ2n) is 5.75. The zero-order chi connectivity index (χ0) is 18.7. The zero-order valence-electron chi connectivity index (χ0n) is 14.3. The van der Waals surface area contributed by atoms with Crippen LogP contribution in [-0.4, -0.2) is 17.6 Å². The number of aromatic nitrogens is 1. The quantitative estimate of drug-likeness (QED) is 0.533. The molecule has 3 rings (SSSR count). The molecule has 1 aromatic heterocycles. The highest BCUT2D eigenvalue weighted by Gasteiger charge is 2.25. The summed E-state index contributed by atoms with van der Waals surface area (Å²) >= 11 is 1.20. The summed E-state index contributed by atoms with van der Waals surface area (Å²) in [4.78, 5) is 17.3. The van der Waals surface area contributed by atoms with Crippen LogP contribution in [0.2, 0.25) is 0 Å². The number of rotatable bonds is 5. The van der Waals surface area contributed by atoms with Gasteiger partial charge in [0.1, 0.15) is 9.88 Å². The Hall–Kier alpha value is -2.60. The Balaban J connectivity index is 2.05. The van der Waals surface area contributed by atoms with Gasteiger partial charge in [-0.25, -0.2) is 18.6 Å². The third-order valence-corrected chi connectivity index (χ3v) is 4.86. The van der Waals surface area contributed by atoms with Crippen LogP contribution in [-0.2, 0) is 10.7 Å². The highest BCUT2D eigenvalue weighted by molar-refractivity contribution is 7.17. The summed E-state index contributed by atoms with van der Waals surface area (Å²) in [6.07, 6.45) is 0. The van der Waals surface area contributed by atoms with Gasteiger partial charge in [0, 0.05) is 23.6 Å². The maximum absolute atomic E-state index is 13.4. The molecule has 0 N–H and O–H groups in total. The average molecular weight is 373 g/mol. The summed E-state index contributed by atoms with van der Waals surface area (Å²) in [6, 6.07) is 15.3. The molecule has 0 aliphatic rings. The summed E-state index contributed by atoms with van der Waals surface area (Å²) in [6.45, 7) is 2.87. The molecule has 0 saturated heterocycles. The van der Waals surface area contributed by atoms with Gasteiger partial charge in [0.25, 0.3) is 5.92 Å². The van der Waals surface area contributed by atoms with Crippen LogP contribution in [0.4, 0.5) is 8.78 Å². The first kappa shape index (κ1) is 18.2. The number of nitrogens with zero attached hydrogens (tertiary/aromatic N) is 1. The van der Waals surface area contributed by atoms with Gasteiger partial charge in [-0.05, 0) is 6.92 Å². The largest absolute Gasteiger partial charge is 0.462 e. The molecule has 2 aromatic carbocycles. The zero-order valence-corrected chi connectivity index (χ0v) is 15.1. The number of halogens is 2. The number of esters is 1. The van der Waals surface area contributed by atoms with E-state index in [1.807, 2.05) is 30.3 Å². The van der Waals surface area contributed by atoms with Crippen LogP contribution in [0.25, 0.3) is 21.8 Å². The minimum absolute atomic E-state index is 0.0632. The first-order valence-corrected chi connectivity index (χ1v) is 8.94. The number of carbonyl (C=O) groups is 1. The fraction of sp³-hybridized carbons (Fsp3) is 0.200. The van der Waals surface area contributed by atoms with E-state index >= 15 is 0 Å². The van der Waals surface area contributed by atoms with Gasteiger partial charge < -0.3 is 4.74 Å². The van der Waals surface area contributed by atoms with E-state index in [1.54, 1.807) is 19.1 Å². The third kappa shape index (κ3) is 3.80. The van der Waals surface area contributed by atoms with Crippen LogP contribution in [0.15, 0.2) is 54.6 Å². The highest BCUT2D eigenvalue weighted by Crippen LogP contribution is 2.35. The van der Waals surface area contributed by atoms with E-state index in [0.717, 1.165) is 12.5 Å². The lowest BCUT2D eigenvalue weighted by Crippen LogP contribution is -2.06. The van der Waals surface area contributed by atoms with E-state index in [-0.39, 0.29) is 12.2 Å². The molecular weight excluding hydrogens is 356 g/mol. The fourth-order valence-electron chi connectivity index (χ4n) is 2.48. The lowest BCUT2D eigenvalue weighted by Gasteiger charge is -2.10. The minimum atomic E-state index is -2.90. The molecule has 0 spiro atoms. The summed E-state index contributed by atoms with van der Waals surface area (Å²) in [5.41, 5.74) is 1.95. The highest BCUT2D eigenvalue weighted by atomic mass is 32.1. The monoisotopic (exact) mass is 373 g/mol. The predicted octanol–water partition coefficient (Wildman–Crippen LogP) is 5.77. The van der Waals surface area contributed by atoms with Crippen molar-refractivity contribution in [1.82, 2.24) is 4.98 Å². The summed E-state index contributed by atoms with van der Waals surface area (Å²) in [5, 5.41) is 0.581. The van der Waals surface area contributed by atoms with Crippen molar-refractivity contribution < 1.29 is 18.3 Å². The van der Waals surface area contributed by atoms with E-state index in [1.165, 1.54) is 23.5 Å². The molecule has 3 aromatic rings. The standard InChI is InChI=1S/C20H17F2NO2S/c1-3-25-19(24)17-16(13-7-5-4-6-8-13)23-18(26-17)14-9-11-15(12-10-14)20(2,21)22/h4-12H,3H2,1-2H3. The Bertz CT molecular complexity index is 900. The second kappa shape index (κ2) is 7.33. The fourth-order valence-corrected chi connectivity index (χ4v) is 3.46. The van der Waals surface area contributed by atoms with Gasteiger partial charge in [-0.1, -0.05) is 54.6 Å². The second-order valence-corrected chi connectivity index (χ2v) is 6.75. The number of alkyl halides is 2. The Kier molecular flexibility index (Phi) is 5.13. The summed E-state index contributed by atoms with van der Waals surface area (Å²) in [7, 11) is 0. The van der Waals surface area contributed by atoms with Gasteiger partial charge >= 0.3 is 5.97 Å². The van der Waals surface area contributed by atoms with Crippen LogP contribution in [0.5, 0.6) is 0 Å². The van der Waals surface area contributed by atoms with Gasteiger partial charge in [0.2, 0.25) is 0 Å². The van der Waals surface area contributed by atoms with E-state index < -0.39 is 11.9 Å². The van der Waals surface area contributed by atoms with E-state index in [4.69, 9.17) is 4.74 Å². The normalized spacial score (nSPS) is 11.4. The number of ether oxygens (including phenoxy) is 1. The SMILES string of the molecule is CCOC(=O)c1sc(-c2ccc(C(C)(F)F)cc2)nc1-c1ccccc1. The van der Waals surface area contributed by atoms with Gasteiger partial charge in [0.05, 0.1) is 12.3 Å². The molecule has 0 bridgehead atoms. The molecule has 0 saturated carbocycles. The number of benzene rings is 2. The summed E-state index contributed by atoms with van der Waals surface area (Å²) in [5.74, 6) is -3.33. The van der Waals surface area contributed by atoms with Gasteiger partial charge in [0.15, 0.2) is 0 Å². The van der Waals surface area contributed by atoms with E-state index in [9.17, 15) is 13.6 Å². The Morgan fingerprint density at radius 1 is 1.08 bits per heavy atom. The minimum Gasteiger partial charge on any atom is -0.462 e. The first-order valence-electron chi connectivity index (χ1n) is 8.12. The first-order chi connectivity index (χ1) is 12.4. The van der Waals surface area contributed by atoms with Crippen LogP contribution < -0.4 is 0 Å². The van der Waals surface area contributed by atoms with E-state index in [2.05, 4.69) is 4.98 Å². The molecule has 0 radical (unpaired) electrons. The van der Waals surface area contributed by atoms with Crippen molar-refractivity contribution in [2.75, 3.05) is 6.61 Å². The van der Waals surface area contributed by atoms with Crippen molar-refractivity contribution in [1.29, 1.82) is 0 Å². The van der Waals surface area contributed by atoms with Crippen molar-refractivity contribution >= 4 is 17.3 Å². The average Bonchev–Trinajstić information content (AvgIpc) is 3.07. The number of thiazole rings is 1. The molecule has 0 amide bonds. The Morgan fingerprint density at radius 3 is 2.31 bits per heavy atom. The number of hydrogen-bond acceptors (Lipinski definition) is 4. The molecule has 6 heteroatoms. The van der Waals surface area contributed by atoms with Crippen LogP contribution in [0.3, 0.4) is 0 Å². The van der Waals surface area contributed by atoms with Crippen LogP contribution in [0.1, 0.15) is 29.1 Å². The molecule has 0 unspecified atom stereocenters. The topological polar surface area (TPSA) is 39.2 Å². The van der Waals surface area contributed by atoms with Crippen molar-refractivity contribution in [3.05, 3.63) is 65.0 Å². The van der Waals surface area contributed by atoms with Gasteiger partial charge in [-0.3, -0.25) is 0 Å². The molecule has 26 heavy (non-hydrogen) atoms. The van der Waals surface area contributed by atoms with Crippen molar-refractivity contribution in [2.24, 2.45) is 0 Å². The lowest BCUT2D eigenvalue weighted by atomic mass is 10.1. The van der Waals surface area contributed by atoms with Crippen LogP contribution in [0, 0.1) is 0 Å². The summed E-state index contributed by atoms with van der Waals surface area (Å²) < 4.78 is 31.9. The van der Waals surface area contributed by atoms with Crippen LogP contribution >= 0.6 is 11.3 Å². The molecule has 0 aliphatic carbocycles. The Labute approximate surface area is 154 Å². The molecule has 3 nitrogen and oxygen atoms in total. The number of hydrogen-bond donors (Lipinski definition) is 0. The van der Waals surface area contributed by atoms with Crippen molar-refractivity contribution in [3.63, 3.8) is 0 Å². The number of carbonyl (C=O) groups excluding carboxylic acids is 1. The van der Waals surface area contributed by atoms with Gasteiger partial charge in [-0.15, -0.1) is 11.3 Å². The maximum Gasteiger partial charge on any atom is 0.350 e.